The van der Waals surface area contributed by atoms with Crippen molar-refractivity contribution in [3.63, 3.8) is 0 Å². The van der Waals surface area contributed by atoms with Crippen molar-refractivity contribution >= 4 is 5.97 Å². The fourth-order valence-corrected chi connectivity index (χ4v) is 4.64. The van der Waals surface area contributed by atoms with Crippen LogP contribution >= 0.6 is 0 Å². The van der Waals surface area contributed by atoms with Gasteiger partial charge in [0, 0.05) is 17.9 Å². The second-order valence-electron chi connectivity index (χ2n) is 6.57. The lowest BCUT2D eigenvalue weighted by Gasteiger charge is -2.39. The molecule has 4 heteroatoms. The normalized spacial score (nSPS) is 55.2. The third kappa shape index (κ3) is 1.11. The number of ether oxygens (including phenoxy) is 2. The maximum absolute atomic E-state index is 11.8. The van der Waals surface area contributed by atoms with E-state index in [2.05, 4.69) is 13.2 Å². The molecule has 0 aromatic carbocycles. The fraction of sp³-hybridized carbons (Fsp3) is 0.667. The summed E-state index contributed by atoms with van der Waals surface area (Å²) in [4.78, 5) is 11.8. The summed E-state index contributed by atoms with van der Waals surface area (Å²) >= 11 is 0. The van der Waals surface area contributed by atoms with Gasteiger partial charge in [-0.05, 0) is 25.3 Å². The standard InChI is InChI=1S/C15H18O4/c1-7-4-5-9-8(2)13(16)18-11(9)12-14(3)6-10(19-14)15(7,12)17/h9-12,17H,1-2,4-6H2,3H3/t9-,10-,11+,12-,14+,15+/m0/s1. The van der Waals surface area contributed by atoms with Gasteiger partial charge in [-0.2, -0.15) is 0 Å². The molecular formula is C15H18O4. The average molecular weight is 262 g/mol. The topological polar surface area (TPSA) is 55.8 Å². The minimum atomic E-state index is -1.04. The van der Waals surface area contributed by atoms with Crippen LogP contribution in [0.2, 0.25) is 0 Å². The van der Waals surface area contributed by atoms with E-state index in [0.717, 1.165) is 18.4 Å². The highest BCUT2D eigenvalue weighted by atomic mass is 16.6. The molecule has 102 valence electrons. The number of esters is 1. The van der Waals surface area contributed by atoms with Crippen molar-refractivity contribution in [2.24, 2.45) is 11.8 Å². The van der Waals surface area contributed by atoms with Crippen LogP contribution in [-0.2, 0) is 14.3 Å². The van der Waals surface area contributed by atoms with Gasteiger partial charge in [0.25, 0.3) is 0 Å². The van der Waals surface area contributed by atoms with Crippen LogP contribution in [0.1, 0.15) is 26.2 Å². The van der Waals surface area contributed by atoms with E-state index >= 15 is 0 Å². The molecule has 6 atom stereocenters. The van der Waals surface area contributed by atoms with Gasteiger partial charge >= 0.3 is 5.97 Å². The first-order chi connectivity index (χ1) is 8.88. The van der Waals surface area contributed by atoms with Crippen LogP contribution in [0.3, 0.4) is 0 Å². The summed E-state index contributed by atoms with van der Waals surface area (Å²) in [5.41, 5.74) is -0.0868. The van der Waals surface area contributed by atoms with Crippen LogP contribution in [-0.4, -0.2) is 34.5 Å². The van der Waals surface area contributed by atoms with E-state index in [1.807, 2.05) is 6.92 Å². The van der Waals surface area contributed by atoms with Crippen LogP contribution in [0.4, 0.5) is 0 Å². The van der Waals surface area contributed by atoms with Gasteiger partial charge in [0.2, 0.25) is 0 Å². The van der Waals surface area contributed by atoms with Crippen molar-refractivity contribution < 1.29 is 19.4 Å². The lowest BCUT2D eigenvalue weighted by atomic mass is 9.76. The Morgan fingerprint density at radius 2 is 2.11 bits per heavy atom. The Bertz CT molecular complexity index is 516. The zero-order chi connectivity index (χ0) is 13.6. The third-order valence-electron chi connectivity index (χ3n) is 5.63. The van der Waals surface area contributed by atoms with Crippen molar-refractivity contribution in [1.29, 1.82) is 0 Å². The van der Waals surface area contributed by atoms with Gasteiger partial charge in [-0.1, -0.05) is 13.2 Å². The lowest BCUT2D eigenvalue weighted by Crippen LogP contribution is -2.47. The van der Waals surface area contributed by atoms with E-state index in [0.29, 0.717) is 12.0 Å². The number of fused-ring (bicyclic) bond motifs is 1. The fourth-order valence-electron chi connectivity index (χ4n) is 4.64. The number of carbonyl (C=O) groups excluding carboxylic acids is 1. The second kappa shape index (κ2) is 3.13. The van der Waals surface area contributed by atoms with Gasteiger partial charge in [0.15, 0.2) is 0 Å². The number of carbonyl (C=O) groups is 1. The molecule has 0 spiro atoms. The molecule has 2 bridgehead atoms. The Kier molecular flexibility index (Phi) is 1.92. The van der Waals surface area contributed by atoms with E-state index in [9.17, 15) is 9.90 Å². The van der Waals surface area contributed by atoms with Crippen molar-refractivity contribution in [3.8, 4) is 0 Å². The van der Waals surface area contributed by atoms with Crippen molar-refractivity contribution in [3.05, 3.63) is 24.3 Å². The summed E-state index contributed by atoms with van der Waals surface area (Å²) in [6, 6.07) is 0. The smallest absolute Gasteiger partial charge is 0.334 e. The van der Waals surface area contributed by atoms with Crippen molar-refractivity contribution in [1.82, 2.24) is 0 Å². The SMILES string of the molecule is C=C1C(=O)O[C@H]2[C@@H]3[C@@](O)(C(=C)CC[C@@H]12)[C@@H]1C[C@@]3(C)O1. The molecule has 2 saturated carbocycles. The average Bonchev–Trinajstić information content (AvgIpc) is 2.76. The summed E-state index contributed by atoms with van der Waals surface area (Å²) in [7, 11) is 0. The summed E-state index contributed by atoms with van der Waals surface area (Å²) < 4.78 is 11.4. The summed E-state index contributed by atoms with van der Waals surface area (Å²) in [5.74, 6) is -0.547. The monoisotopic (exact) mass is 262 g/mol. The second-order valence-corrected chi connectivity index (χ2v) is 6.57. The van der Waals surface area contributed by atoms with Crippen LogP contribution in [0.25, 0.3) is 0 Å². The molecule has 3 saturated heterocycles. The highest BCUT2D eigenvalue weighted by Gasteiger charge is 2.75. The summed E-state index contributed by atoms with van der Waals surface area (Å²) in [6.07, 6.45) is 1.76. The first kappa shape index (κ1) is 11.7. The van der Waals surface area contributed by atoms with Crippen LogP contribution in [0, 0.1) is 11.8 Å². The van der Waals surface area contributed by atoms with Gasteiger partial charge in [-0.3, -0.25) is 0 Å². The Balaban J connectivity index is 1.84. The Morgan fingerprint density at radius 1 is 1.42 bits per heavy atom. The predicted octanol–water partition coefficient (Wildman–Crippen LogP) is 1.34. The number of aliphatic hydroxyl groups is 1. The van der Waals surface area contributed by atoms with Gasteiger partial charge in [-0.15, -0.1) is 0 Å². The molecule has 1 N–H and O–H groups in total. The molecule has 5 aliphatic rings. The molecule has 0 aromatic heterocycles. The summed E-state index contributed by atoms with van der Waals surface area (Å²) in [6.45, 7) is 9.92. The highest BCUT2D eigenvalue weighted by molar-refractivity contribution is 5.91. The minimum absolute atomic E-state index is 0.0111. The molecule has 3 aliphatic heterocycles. The molecule has 5 rings (SSSR count). The third-order valence-corrected chi connectivity index (χ3v) is 5.63. The van der Waals surface area contributed by atoms with E-state index in [4.69, 9.17) is 9.47 Å². The number of hydrogen-bond acceptors (Lipinski definition) is 4. The van der Waals surface area contributed by atoms with Gasteiger partial charge in [0.05, 0.1) is 17.6 Å². The lowest BCUT2D eigenvalue weighted by molar-refractivity contribution is -0.175. The first-order valence-electron chi connectivity index (χ1n) is 6.86. The zero-order valence-electron chi connectivity index (χ0n) is 11.0. The minimum Gasteiger partial charge on any atom is -0.458 e. The first-order valence-corrected chi connectivity index (χ1v) is 6.86. The molecule has 4 nitrogen and oxygen atoms in total. The zero-order valence-corrected chi connectivity index (χ0v) is 11.0. The Morgan fingerprint density at radius 3 is 2.79 bits per heavy atom. The molecular weight excluding hydrogens is 244 g/mol. The van der Waals surface area contributed by atoms with E-state index < -0.39 is 11.2 Å². The molecule has 5 fully saturated rings. The van der Waals surface area contributed by atoms with E-state index in [1.54, 1.807) is 0 Å². The largest absolute Gasteiger partial charge is 0.458 e. The van der Waals surface area contributed by atoms with Crippen molar-refractivity contribution in [2.75, 3.05) is 0 Å². The quantitative estimate of drug-likeness (QED) is 0.407. The molecule has 2 aliphatic carbocycles. The predicted molar refractivity (Wildman–Crippen MR) is 67.2 cm³/mol. The highest BCUT2D eigenvalue weighted by Crippen LogP contribution is 2.64. The molecule has 0 aromatic rings. The molecule has 19 heavy (non-hydrogen) atoms. The number of hydrogen-bond donors (Lipinski definition) is 1. The van der Waals surface area contributed by atoms with Crippen LogP contribution in [0.15, 0.2) is 24.3 Å². The molecule has 0 unspecified atom stereocenters. The Labute approximate surface area is 112 Å². The molecule has 0 radical (unpaired) electrons. The molecule has 3 heterocycles. The van der Waals surface area contributed by atoms with Gasteiger partial charge in [-0.25, -0.2) is 4.79 Å². The maximum atomic E-state index is 11.8. The van der Waals surface area contributed by atoms with Crippen LogP contribution < -0.4 is 0 Å². The van der Waals surface area contributed by atoms with Gasteiger partial charge in [0.1, 0.15) is 11.7 Å². The molecule has 0 amide bonds. The number of rotatable bonds is 0. The Hall–Kier alpha value is -1.13. The van der Waals surface area contributed by atoms with Gasteiger partial charge < -0.3 is 14.6 Å². The maximum Gasteiger partial charge on any atom is 0.334 e. The van der Waals surface area contributed by atoms with E-state index in [-0.39, 0.29) is 30.0 Å². The van der Waals surface area contributed by atoms with E-state index in [1.165, 1.54) is 0 Å². The summed E-state index contributed by atoms with van der Waals surface area (Å²) in [5, 5.41) is 11.1. The van der Waals surface area contributed by atoms with Crippen LogP contribution in [0.5, 0.6) is 0 Å². The van der Waals surface area contributed by atoms with Crippen molar-refractivity contribution in [2.45, 2.75) is 49.6 Å².